The van der Waals surface area contributed by atoms with Gasteiger partial charge in [-0.3, -0.25) is 9.78 Å². The van der Waals surface area contributed by atoms with Gasteiger partial charge in [0.15, 0.2) is 0 Å². The van der Waals surface area contributed by atoms with Crippen LogP contribution >= 0.6 is 0 Å². The van der Waals surface area contributed by atoms with E-state index in [9.17, 15) is 14.7 Å². The van der Waals surface area contributed by atoms with E-state index >= 15 is 0 Å². The summed E-state index contributed by atoms with van der Waals surface area (Å²) < 4.78 is 0. The van der Waals surface area contributed by atoms with Crippen LogP contribution < -0.4 is 5.32 Å². The zero-order valence-corrected chi connectivity index (χ0v) is 13.6. The van der Waals surface area contributed by atoms with Crippen molar-refractivity contribution in [1.82, 2.24) is 15.2 Å². The van der Waals surface area contributed by atoms with Gasteiger partial charge < -0.3 is 20.1 Å². The molecule has 0 aliphatic heterocycles. The first-order valence-corrected chi connectivity index (χ1v) is 8.16. The molecule has 1 fully saturated rings. The molecule has 2 N–H and O–H groups in total. The lowest BCUT2D eigenvalue weighted by Gasteiger charge is -2.30. The van der Waals surface area contributed by atoms with Crippen molar-refractivity contribution in [2.75, 3.05) is 20.1 Å². The van der Waals surface area contributed by atoms with Crippen LogP contribution in [-0.2, 0) is 4.79 Å². The minimum Gasteiger partial charge on any atom is -0.506 e. The molecule has 6 heteroatoms. The van der Waals surface area contributed by atoms with Gasteiger partial charge in [-0.1, -0.05) is 0 Å². The molecule has 126 valence electrons. The predicted molar refractivity (Wildman–Crippen MR) is 87.3 cm³/mol. The Morgan fingerprint density at radius 2 is 2.13 bits per heavy atom. The van der Waals surface area contributed by atoms with Gasteiger partial charge in [-0.15, -0.1) is 0 Å². The van der Waals surface area contributed by atoms with Crippen molar-refractivity contribution in [2.24, 2.45) is 5.92 Å². The summed E-state index contributed by atoms with van der Waals surface area (Å²) in [7, 11) is 1.78. The number of carbonyl (C=O) groups is 2. The zero-order valence-electron chi connectivity index (χ0n) is 13.6. The number of nitrogens with one attached hydrogen (secondary N) is 1. The fourth-order valence-electron chi connectivity index (χ4n) is 3.11. The van der Waals surface area contributed by atoms with Crippen LogP contribution in [0, 0.1) is 5.92 Å². The third kappa shape index (κ3) is 5.32. The van der Waals surface area contributed by atoms with Crippen LogP contribution in [-0.4, -0.2) is 53.4 Å². The van der Waals surface area contributed by atoms with E-state index in [-0.39, 0.29) is 11.7 Å². The maximum atomic E-state index is 12.3. The largest absolute Gasteiger partial charge is 0.506 e. The van der Waals surface area contributed by atoms with Crippen LogP contribution in [0.2, 0.25) is 0 Å². The minimum absolute atomic E-state index is 0.00500. The molecular formula is C17H25N3O3. The number of pyridine rings is 1. The molecule has 0 unspecified atom stereocenters. The van der Waals surface area contributed by atoms with E-state index in [0.29, 0.717) is 30.6 Å². The Balaban J connectivity index is 1.73. The van der Waals surface area contributed by atoms with Gasteiger partial charge in [0.2, 0.25) is 0 Å². The number of aromatic hydroxyl groups is 1. The number of aromatic nitrogens is 1. The molecule has 1 aromatic rings. The first-order valence-electron chi connectivity index (χ1n) is 8.16. The molecule has 23 heavy (non-hydrogen) atoms. The van der Waals surface area contributed by atoms with Gasteiger partial charge >= 0.3 is 0 Å². The van der Waals surface area contributed by atoms with Gasteiger partial charge in [0.25, 0.3) is 5.91 Å². The third-order valence-corrected chi connectivity index (χ3v) is 4.53. The van der Waals surface area contributed by atoms with Crippen LogP contribution in [0.1, 0.15) is 42.5 Å². The summed E-state index contributed by atoms with van der Waals surface area (Å²) in [5, 5.41) is 12.6. The summed E-state index contributed by atoms with van der Waals surface area (Å²) in [6.45, 7) is 1.14. The maximum Gasteiger partial charge on any atom is 0.255 e. The van der Waals surface area contributed by atoms with Crippen molar-refractivity contribution in [3.8, 4) is 5.75 Å². The second-order valence-electron chi connectivity index (χ2n) is 6.24. The highest BCUT2D eigenvalue weighted by molar-refractivity contribution is 5.94. The Hall–Kier alpha value is -1.95. The quantitative estimate of drug-likeness (QED) is 0.746. The zero-order chi connectivity index (χ0) is 16.7. The van der Waals surface area contributed by atoms with Gasteiger partial charge in [-0.05, 0) is 44.1 Å². The average molecular weight is 319 g/mol. The fourth-order valence-corrected chi connectivity index (χ4v) is 3.11. The second kappa shape index (κ2) is 8.62. The molecule has 0 saturated heterocycles. The summed E-state index contributed by atoms with van der Waals surface area (Å²) >= 11 is 0. The molecule has 1 aromatic heterocycles. The standard InChI is InChI=1S/C17H25N3O3/c1-20(17(23)14-10-16(22)12-18-11-14)8-6-13-2-4-15(5-3-13)19-7-9-21/h9-13,15,19,22H,2-8H2,1H3. The minimum atomic E-state index is -0.116. The molecule has 0 atom stereocenters. The van der Waals surface area contributed by atoms with Gasteiger partial charge in [-0.25, -0.2) is 0 Å². The van der Waals surface area contributed by atoms with Crippen molar-refractivity contribution in [1.29, 1.82) is 0 Å². The van der Waals surface area contributed by atoms with E-state index in [1.807, 2.05) is 0 Å². The molecule has 1 aliphatic rings. The molecule has 6 nitrogen and oxygen atoms in total. The Kier molecular flexibility index (Phi) is 6.52. The lowest BCUT2D eigenvalue weighted by molar-refractivity contribution is -0.107. The Bertz CT molecular complexity index is 528. The summed E-state index contributed by atoms with van der Waals surface area (Å²) in [6, 6.07) is 1.89. The van der Waals surface area contributed by atoms with Gasteiger partial charge in [0.1, 0.15) is 12.0 Å². The maximum absolute atomic E-state index is 12.3. The van der Waals surface area contributed by atoms with Crippen molar-refractivity contribution in [3.63, 3.8) is 0 Å². The molecule has 0 aromatic carbocycles. The number of aldehydes is 1. The first kappa shape index (κ1) is 17.4. The lowest BCUT2D eigenvalue weighted by Crippen LogP contribution is -2.35. The molecule has 1 heterocycles. The fraction of sp³-hybridized carbons (Fsp3) is 0.588. The highest BCUT2D eigenvalue weighted by Gasteiger charge is 2.21. The lowest BCUT2D eigenvalue weighted by atomic mass is 9.84. The number of hydrogen-bond acceptors (Lipinski definition) is 5. The second-order valence-corrected chi connectivity index (χ2v) is 6.24. The summed E-state index contributed by atoms with van der Waals surface area (Å²) in [5.41, 5.74) is 0.411. The van der Waals surface area contributed by atoms with E-state index in [1.54, 1.807) is 11.9 Å². The van der Waals surface area contributed by atoms with Crippen molar-refractivity contribution in [3.05, 3.63) is 24.0 Å². The summed E-state index contributed by atoms with van der Waals surface area (Å²) in [4.78, 5) is 28.2. The third-order valence-electron chi connectivity index (χ3n) is 4.53. The van der Waals surface area contributed by atoms with E-state index in [2.05, 4.69) is 10.3 Å². The predicted octanol–water partition coefficient (Wildman–Crippen LogP) is 1.60. The smallest absolute Gasteiger partial charge is 0.255 e. The van der Waals surface area contributed by atoms with Gasteiger partial charge in [0.05, 0.1) is 18.3 Å². The van der Waals surface area contributed by atoms with Crippen molar-refractivity contribution in [2.45, 2.75) is 38.1 Å². The first-order chi connectivity index (χ1) is 11.1. The Morgan fingerprint density at radius 1 is 1.39 bits per heavy atom. The number of nitrogens with zero attached hydrogens (tertiary/aromatic N) is 2. The molecule has 0 radical (unpaired) electrons. The molecule has 1 aliphatic carbocycles. The summed E-state index contributed by atoms with van der Waals surface area (Å²) in [6.07, 6.45) is 9.12. The normalized spacial score (nSPS) is 20.9. The van der Waals surface area contributed by atoms with Crippen LogP contribution in [0.3, 0.4) is 0 Å². The Labute approximate surface area is 136 Å². The van der Waals surface area contributed by atoms with Gasteiger partial charge in [-0.2, -0.15) is 0 Å². The molecule has 1 saturated carbocycles. The molecule has 0 bridgehead atoms. The van der Waals surface area contributed by atoms with Crippen LogP contribution in [0.4, 0.5) is 0 Å². The SMILES string of the molecule is CN(CCC1CCC(NCC=O)CC1)C(=O)c1cncc(O)c1. The van der Waals surface area contributed by atoms with E-state index in [4.69, 9.17) is 0 Å². The van der Waals surface area contributed by atoms with Crippen LogP contribution in [0.5, 0.6) is 5.75 Å². The molecule has 0 spiro atoms. The Morgan fingerprint density at radius 3 is 2.78 bits per heavy atom. The highest BCUT2D eigenvalue weighted by Crippen LogP contribution is 2.27. The number of amides is 1. The van der Waals surface area contributed by atoms with E-state index < -0.39 is 0 Å². The number of hydrogen-bond donors (Lipinski definition) is 2. The number of rotatable bonds is 7. The average Bonchev–Trinajstić information content (AvgIpc) is 2.58. The van der Waals surface area contributed by atoms with Crippen molar-refractivity contribution < 1.29 is 14.7 Å². The monoisotopic (exact) mass is 319 g/mol. The van der Waals surface area contributed by atoms with Crippen LogP contribution in [0.25, 0.3) is 0 Å². The molecule has 1 amide bonds. The van der Waals surface area contributed by atoms with Crippen LogP contribution in [0.15, 0.2) is 18.5 Å². The highest BCUT2D eigenvalue weighted by atomic mass is 16.3. The van der Waals surface area contributed by atoms with E-state index in [1.165, 1.54) is 18.5 Å². The molecule has 2 rings (SSSR count). The molecular weight excluding hydrogens is 294 g/mol. The summed E-state index contributed by atoms with van der Waals surface area (Å²) in [5.74, 6) is 0.516. The van der Waals surface area contributed by atoms with Crippen molar-refractivity contribution >= 4 is 12.2 Å². The number of carbonyl (C=O) groups excluding carboxylic acids is 2. The topological polar surface area (TPSA) is 82.5 Å². The van der Waals surface area contributed by atoms with Gasteiger partial charge in [0, 0.05) is 25.8 Å². The van der Waals surface area contributed by atoms with E-state index in [0.717, 1.165) is 38.4 Å².